The zero-order chi connectivity index (χ0) is 17.4. The Labute approximate surface area is 142 Å². The number of carboxylic acid groups (broad SMARTS) is 1. The summed E-state index contributed by atoms with van der Waals surface area (Å²) < 4.78 is 5.56. The molecule has 0 unspecified atom stereocenters. The van der Waals surface area contributed by atoms with Crippen LogP contribution in [0.15, 0.2) is 30.3 Å². The molecule has 0 atom stereocenters. The Morgan fingerprint density at radius 3 is 2.62 bits per heavy atom. The normalized spacial score (nSPS) is 19.6. The first kappa shape index (κ1) is 18.3. The van der Waals surface area contributed by atoms with Gasteiger partial charge in [-0.2, -0.15) is 0 Å². The molecule has 6 nitrogen and oxygen atoms in total. The fourth-order valence-corrected chi connectivity index (χ4v) is 2.92. The van der Waals surface area contributed by atoms with Crippen LogP contribution >= 0.6 is 0 Å². The van der Waals surface area contributed by atoms with E-state index in [0.717, 1.165) is 18.6 Å². The van der Waals surface area contributed by atoms with Crippen LogP contribution in [0.2, 0.25) is 0 Å². The summed E-state index contributed by atoms with van der Waals surface area (Å²) in [6.45, 7) is 3.27. The monoisotopic (exact) mass is 334 g/mol. The summed E-state index contributed by atoms with van der Waals surface area (Å²) in [5.74, 6) is 0.0528. The van der Waals surface area contributed by atoms with Crippen molar-refractivity contribution in [2.24, 2.45) is 0 Å². The molecule has 2 N–H and O–H groups in total. The molecule has 0 radical (unpaired) electrons. The van der Waals surface area contributed by atoms with Crippen LogP contribution in [0.5, 0.6) is 5.75 Å². The van der Waals surface area contributed by atoms with E-state index in [4.69, 9.17) is 9.84 Å². The topological polar surface area (TPSA) is 78.9 Å². The molecular weight excluding hydrogens is 308 g/mol. The summed E-state index contributed by atoms with van der Waals surface area (Å²) >= 11 is 0. The number of amides is 1. The van der Waals surface area contributed by atoms with Gasteiger partial charge in [0.15, 0.2) is 0 Å². The van der Waals surface area contributed by atoms with Gasteiger partial charge in [-0.3, -0.25) is 14.5 Å². The van der Waals surface area contributed by atoms with Gasteiger partial charge in [-0.15, -0.1) is 0 Å². The molecule has 0 spiro atoms. The second-order valence-corrected chi connectivity index (χ2v) is 6.11. The highest BCUT2D eigenvalue weighted by molar-refractivity contribution is 5.76. The van der Waals surface area contributed by atoms with Gasteiger partial charge in [-0.05, 0) is 37.9 Å². The molecule has 24 heavy (non-hydrogen) atoms. The van der Waals surface area contributed by atoms with Crippen molar-refractivity contribution in [2.75, 3.05) is 19.7 Å². The number of carbonyl (C=O) groups excluding carboxylic acids is 1. The fraction of sp³-hybridized carbons (Fsp3) is 0.556. The summed E-state index contributed by atoms with van der Waals surface area (Å²) in [4.78, 5) is 24.6. The van der Waals surface area contributed by atoms with Crippen molar-refractivity contribution in [3.63, 3.8) is 0 Å². The average molecular weight is 334 g/mol. The highest BCUT2D eigenvalue weighted by Crippen LogP contribution is 2.25. The minimum Gasteiger partial charge on any atom is -0.494 e. The third kappa shape index (κ3) is 5.85. The van der Waals surface area contributed by atoms with Crippen molar-refractivity contribution >= 4 is 11.9 Å². The number of nitrogens with zero attached hydrogens (tertiary/aromatic N) is 1. The van der Waals surface area contributed by atoms with Crippen LogP contribution in [-0.4, -0.2) is 53.7 Å². The maximum Gasteiger partial charge on any atom is 0.317 e. The maximum atomic E-state index is 11.9. The largest absolute Gasteiger partial charge is 0.494 e. The third-order valence-corrected chi connectivity index (χ3v) is 4.30. The van der Waals surface area contributed by atoms with Crippen LogP contribution in [0, 0.1) is 0 Å². The lowest BCUT2D eigenvalue weighted by molar-refractivity contribution is -0.139. The summed E-state index contributed by atoms with van der Waals surface area (Å²) in [6.07, 6.45) is 2.78. The van der Waals surface area contributed by atoms with Crippen LogP contribution < -0.4 is 10.1 Å². The van der Waals surface area contributed by atoms with Crippen LogP contribution in [0.25, 0.3) is 0 Å². The van der Waals surface area contributed by atoms with Gasteiger partial charge in [-0.25, -0.2) is 0 Å². The van der Waals surface area contributed by atoms with E-state index in [1.807, 2.05) is 42.2 Å². The van der Waals surface area contributed by atoms with Crippen molar-refractivity contribution < 1.29 is 19.4 Å². The first-order valence-electron chi connectivity index (χ1n) is 8.51. The number of hydrogen-bond donors (Lipinski definition) is 2. The lowest BCUT2D eigenvalue weighted by atomic mass is 9.85. The molecule has 1 aliphatic carbocycles. The number of nitrogens with one attached hydrogen (secondary N) is 1. The number of carbonyl (C=O) groups is 2. The molecule has 6 heteroatoms. The van der Waals surface area contributed by atoms with Gasteiger partial charge in [0.1, 0.15) is 5.75 Å². The fourth-order valence-electron chi connectivity index (χ4n) is 2.92. The van der Waals surface area contributed by atoms with Gasteiger partial charge in [0, 0.05) is 18.5 Å². The second kappa shape index (κ2) is 9.27. The van der Waals surface area contributed by atoms with E-state index in [2.05, 4.69) is 5.32 Å². The molecule has 1 aromatic carbocycles. The zero-order valence-corrected chi connectivity index (χ0v) is 14.1. The van der Waals surface area contributed by atoms with Crippen LogP contribution in [0.1, 0.15) is 32.6 Å². The van der Waals surface area contributed by atoms with Gasteiger partial charge in [0.25, 0.3) is 0 Å². The standard InChI is InChI=1S/C18H26N2O4/c1-2-20(13-18(22)23)15-11-14(12-15)19-17(21)9-6-10-24-16-7-4-3-5-8-16/h3-5,7-8,14-15H,2,6,9-13H2,1H3,(H,19,21)(H,22,23). The third-order valence-electron chi connectivity index (χ3n) is 4.30. The molecule has 1 amide bonds. The number of carboxylic acids is 1. The molecule has 0 aliphatic heterocycles. The number of hydrogen-bond acceptors (Lipinski definition) is 4. The maximum absolute atomic E-state index is 11.9. The highest BCUT2D eigenvalue weighted by atomic mass is 16.5. The predicted octanol–water partition coefficient (Wildman–Crippen LogP) is 1.90. The Hall–Kier alpha value is -2.08. The highest BCUT2D eigenvalue weighted by Gasteiger charge is 2.34. The summed E-state index contributed by atoms with van der Waals surface area (Å²) in [5.41, 5.74) is 0. The Morgan fingerprint density at radius 1 is 1.29 bits per heavy atom. The molecule has 0 bridgehead atoms. The van der Waals surface area contributed by atoms with Crippen molar-refractivity contribution in [1.82, 2.24) is 10.2 Å². The van der Waals surface area contributed by atoms with E-state index in [1.165, 1.54) is 0 Å². The van der Waals surface area contributed by atoms with E-state index < -0.39 is 5.97 Å². The van der Waals surface area contributed by atoms with Gasteiger partial charge in [0.2, 0.25) is 5.91 Å². The van der Waals surface area contributed by atoms with E-state index >= 15 is 0 Å². The molecule has 1 aromatic rings. The molecule has 0 aromatic heterocycles. The quantitative estimate of drug-likeness (QED) is 0.639. The van der Waals surface area contributed by atoms with Crippen molar-refractivity contribution in [3.05, 3.63) is 30.3 Å². The van der Waals surface area contributed by atoms with E-state index in [-0.39, 0.29) is 24.5 Å². The minimum atomic E-state index is -0.803. The zero-order valence-electron chi connectivity index (χ0n) is 14.1. The van der Waals surface area contributed by atoms with Crippen molar-refractivity contribution in [3.8, 4) is 5.75 Å². The van der Waals surface area contributed by atoms with Crippen molar-refractivity contribution in [1.29, 1.82) is 0 Å². The first-order chi connectivity index (χ1) is 11.6. The molecule has 1 saturated carbocycles. The number of aliphatic carboxylic acids is 1. The SMILES string of the molecule is CCN(CC(=O)O)C1CC(NC(=O)CCCOc2ccccc2)C1. The Balaban J connectivity index is 1.56. The Bertz CT molecular complexity index is 529. The van der Waals surface area contributed by atoms with Crippen LogP contribution in [-0.2, 0) is 9.59 Å². The van der Waals surface area contributed by atoms with Crippen molar-refractivity contribution in [2.45, 2.75) is 44.7 Å². The number of benzene rings is 1. The van der Waals surface area contributed by atoms with E-state index in [1.54, 1.807) is 0 Å². The molecule has 132 valence electrons. The lowest BCUT2D eigenvalue weighted by Crippen LogP contribution is -2.54. The average Bonchev–Trinajstić information content (AvgIpc) is 2.53. The molecule has 1 fully saturated rings. The lowest BCUT2D eigenvalue weighted by Gasteiger charge is -2.42. The molecular formula is C18H26N2O4. The van der Waals surface area contributed by atoms with Crippen LogP contribution in [0.4, 0.5) is 0 Å². The predicted molar refractivity (Wildman–Crippen MR) is 91.0 cm³/mol. The van der Waals surface area contributed by atoms with Gasteiger partial charge in [-0.1, -0.05) is 25.1 Å². The number of rotatable bonds is 10. The smallest absolute Gasteiger partial charge is 0.317 e. The van der Waals surface area contributed by atoms with Gasteiger partial charge >= 0.3 is 5.97 Å². The summed E-state index contributed by atoms with van der Waals surface area (Å²) in [5, 5.41) is 11.9. The Kier molecular flexibility index (Phi) is 7.06. The van der Waals surface area contributed by atoms with E-state index in [9.17, 15) is 9.59 Å². The van der Waals surface area contributed by atoms with Gasteiger partial charge in [0.05, 0.1) is 13.2 Å². The number of para-hydroxylation sites is 1. The van der Waals surface area contributed by atoms with Crippen LogP contribution in [0.3, 0.4) is 0 Å². The molecule has 0 saturated heterocycles. The number of likely N-dealkylation sites (N-methyl/N-ethyl adjacent to an activating group) is 1. The summed E-state index contributed by atoms with van der Waals surface area (Å²) in [7, 11) is 0. The van der Waals surface area contributed by atoms with Gasteiger partial charge < -0.3 is 15.2 Å². The second-order valence-electron chi connectivity index (χ2n) is 6.11. The summed E-state index contributed by atoms with van der Waals surface area (Å²) in [6, 6.07) is 9.98. The minimum absolute atomic E-state index is 0.0383. The van der Waals surface area contributed by atoms with E-state index in [0.29, 0.717) is 26.0 Å². The molecule has 0 heterocycles. The Morgan fingerprint density at radius 2 is 2.00 bits per heavy atom. The molecule has 1 aliphatic rings. The molecule has 2 rings (SSSR count). The number of ether oxygens (including phenoxy) is 1. The first-order valence-corrected chi connectivity index (χ1v) is 8.51.